The average molecular weight is 490 g/mol. The molecular formula is C26H31N7O3. The largest absolute Gasteiger partial charge is 0.463 e. The third-order valence-electron chi connectivity index (χ3n) is 6.10. The van der Waals surface area contributed by atoms with Gasteiger partial charge >= 0.3 is 11.7 Å². The summed E-state index contributed by atoms with van der Waals surface area (Å²) in [4.78, 5) is 28.3. The average Bonchev–Trinajstić information content (AvgIpc) is 3.65. The number of unbranched alkanes of at least 4 members (excludes halogenated alkanes) is 1. The van der Waals surface area contributed by atoms with Crippen molar-refractivity contribution >= 4 is 17.0 Å². The summed E-state index contributed by atoms with van der Waals surface area (Å²) in [5.74, 6) is 2.23. The number of anilines is 1. The number of nitrogens with one attached hydrogen (secondary N) is 2. The molecule has 10 nitrogen and oxygen atoms in total. The summed E-state index contributed by atoms with van der Waals surface area (Å²) in [5, 5.41) is 3.49. The Bertz CT molecular complexity index is 1360. The molecule has 188 valence electrons. The summed E-state index contributed by atoms with van der Waals surface area (Å²) < 4.78 is 13.0. The predicted octanol–water partition coefficient (Wildman–Crippen LogP) is 3.62. The maximum absolute atomic E-state index is 12.6. The molecule has 10 heteroatoms. The molecule has 0 amide bonds. The van der Waals surface area contributed by atoms with Gasteiger partial charge in [-0.05, 0) is 55.0 Å². The van der Waals surface area contributed by atoms with Crippen molar-refractivity contribution in [2.75, 3.05) is 18.9 Å². The van der Waals surface area contributed by atoms with Gasteiger partial charge < -0.3 is 25.5 Å². The molecule has 3 heterocycles. The molecule has 1 aromatic carbocycles. The van der Waals surface area contributed by atoms with Gasteiger partial charge in [-0.15, -0.1) is 0 Å². The number of benzene rings is 1. The summed E-state index contributed by atoms with van der Waals surface area (Å²) >= 11 is 0. The molecule has 1 saturated carbocycles. The third kappa shape index (κ3) is 5.83. The topological polar surface area (TPSA) is 133 Å². The lowest BCUT2D eigenvalue weighted by Gasteiger charge is -2.09. The molecule has 0 saturated heterocycles. The predicted molar refractivity (Wildman–Crippen MR) is 137 cm³/mol. The van der Waals surface area contributed by atoms with E-state index in [1.165, 1.54) is 23.0 Å². The molecule has 1 aliphatic rings. The number of aromatic amines is 1. The highest BCUT2D eigenvalue weighted by Crippen LogP contribution is 2.27. The van der Waals surface area contributed by atoms with Crippen molar-refractivity contribution in [1.82, 2.24) is 29.8 Å². The molecule has 1 aliphatic carbocycles. The molecule has 5 rings (SSSR count). The summed E-state index contributed by atoms with van der Waals surface area (Å²) in [7, 11) is 0. The molecule has 0 radical (unpaired) electrons. The molecule has 4 N–H and O–H groups in total. The number of nitrogens with zero attached hydrogens (tertiary/aromatic N) is 4. The van der Waals surface area contributed by atoms with Crippen molar-refractivity contribution in [3.63, 3.8) is 0 Å². The van der Waals surface area contributed by atoms with Gasteiger partial charge in [-0.25, -0.2) is 9.78 Å². The molecule has 1 fully saturated rings. The van der Waals surface area contributed by atoms with Crippen molar-refractivity contribution in [2.45, 2.75) is 45.7 Å². The number of aromatic nitrogens is 5. The van der Waals surface area contributed by atoms with Crippen molar-refractivity contribution < 1.29 is 9.47 Å². The van der Waals surface area contributed by atoms with Crippen LogP contribution in [0.25, 0.3) is 11.2 Å². The molecule has 0 bridgehead atoms. The number of fused-ring (bicyclic) bond motifs is 1. The number of hydrogen-bond acceptors (Lipinski definition) is 8. The van der Waals surface area contributed by atoms with E-state index in [9.17, 15) is 4.79 Å². The lowest BCUT2D eigenvalue weighted by atomic mass is 10.2. The number of ether oxygens (including phenoxy) is 2. The summed E-state index contributed by atoms with van der Waals surface area (Å²) in [6.45, 7) is 4.77. The highest BCUT2D eigenvalue weighted by atomic mass is 16.5. The van der Waals surface area contributed by atoms with Crippen LogP contribution in [0.15, 0.2) is 47.4 Å². The van der Waals surface area contributed by atoms with Gasteiger partial charge in [-0.1, -0.05) is 31.5 Å². The maximum atomic E-state index is 12.6. The Morgan fingerprint density at radius 1 is 1.14 bits per heavy atom. The fourth-order valence-corrected chi connectivity index (χ4v) is 3.84. The zero-order valence-electron chi connectivity index (χ0n) is 20.4. The van der Waals surface area contributed by atoms with Crippen LogP contribution in [0.4, 0.5) is 5.82 Å². The zero-order valence-corrected chi connectivity index (χ0v) is 20.4. The van der Waals surface area contributed by atoms with Crippen LogP contribution in [0.5, 0.6) is 17.6 Å². The van der Waals surface area contributed by atoms with E-state index >= 15 is 0 Å². The van der Waals surface area contributed by atoms with Gasteiger partial charge in [0.1, 0.15) is 11.3 Å². The van der Waals surface area contributed by atoms with Crippen LogP contribution in [0.2, 0.25) is 0 Å². The number of nitrogens with two attached hydrogens (primary N) is 1. The van der Waals surface area contributed by atoms with Gasteiger partial charge in [-0.2, -0.15) is 9.97 Å². The van der Waals surface area contributed by atoms with E-state index in [1.54, 1.807) is 12.3 Å². The smallest absolute Gasteiger partial charge is 0.328 e. The Morgan fingerprint density at radius 3 is 2.67 bits per heavy atom. The van der Waals surface area contributed by atoms with Gasteiger partial charge in [-0.3, -0.25) is 4.57 Å². The fraction of sp³-hybridized carbons (Fsp3) is 0.385. The van der Waals surface area contributed by atoms with E-state index in [0.717, 1.165) is 43.2 Å². The van der Waals surface area contributed by atoms with Crippen molar-refractivity contribution in [3.8, 4) is 17.6 Å². The van der Waals surface area contributed by atoms with E-state index in [2.05, 4.69) is 44.3 Å². The van der Waals surface area contributed by atoms with Gasteiger partial charge in [0.05, 0.1) is 13.2 Å². The molecule has 3 aromatic heterocycles. The minimum Gasteiger partial charge on any atom is -0.463 e. The Morgan fingerprint density at radius 2 is 1.94 bits per heavy atom. The Kier molecular flexibility index (Phi) is 7.13. The molecule has 0 aliphatic heterocycles. The first kappa shape index (κ1) is 23.8. The Labute approximate surface area is 208 Å². The summed E-state index contributed by atoms with van der Waals surface area (Å²) in [6, 6.07) is 11.8. The number of nitrogen functional groups attached to an aromatic ring is 1. The van der Waals surface area contributed by atoms with E-state index in [4.69, 9.17) is 15.2 Å². The Hall–Kier alpha value is -3.92. The molecule has 0 unspecified atom stereocenters. The fourth-order valence-electron chi connectivity index (χ4n) is 3.84. The summed E-state index contributed by atoms with van der Waals surface area (Å²) in [6.07, 6.45) is 6.25. The van der Waals surface area contributed by atoms with E-state index in [0.29, 0.717) is 23.7 Å². The second kappa shape index (κ2) is 10.8. The van der Waals surface area contributed by atoms with E-state index in [1.807, 2.05) is 18.2 Å². The lowest BCUT2D eigenvalue weighted by Crippen LogP contribution is -2.18. The number of rotatable bonds is 12. The SMILES string of the molecule is CCCCOc1nc(N)c2[nH]c(=O)n(Cc3ccc(Oc4ccc(CNCC5CC5)cc4)nc3)c2n1. The highest BCUT2D eigenvalue weighted by Gasteiger charge is 2.20. The minimum absolute atomic E-state index is 0.160. The van der Waals surface area contributed by atoms with Gasteiger partial charge in [0.25, 0.3) is 0 Å². The Balaban J connectivity index is 1.24. The molecule has 0 atom stereocenters. The van der Waals surface area contributed by atoms with E-state index < -0.39 is 0 Å². The second-order valence-corrected chi connectivity index (χ2v) is 9.13. The monoisotopic (exact) mass is 489 g/mol. The normalized spacial score (nSPS) is 13.2. The van der Waals surface area contributed by atoms with Crippen LogP contribution in [0, 0.1) is 5.92 Å². The number of H-pyrrole nitrogens is 1. The first-order valence-electron chi connectivity index (χ1n) is 12.4. The molecule has 4 aromatic rings. The van der Waals surface area contributed by atoms with Gasteiger partial charge in [0.2, 0.25) is 5.88 Å². The number of imidazole rings is 1. The first-order valence-corrected chi connectivity index (χ1v) is 12.4. The van der Waals surface area contributed by atoms with Crippen molar-refractivity contribution in [2.24, 2.45) is 5.92 Å². The highest BCUT2D eigenvalue weighted by molar-refractivity contribution is 5.81. The van der Waals surface area contributed by atoms with Crippen LogP contribution in [0.1, 0.15) is 43.7 Å². The van der Waals surface area contributed by atoms with Crippen molar-refractivity contribution in [3.05, 3.63) is 64.2 Å². The maximum Gasteiger partial charge on any atom is 0.328 e. The van der Waals surface area contributed by atoms with Crippen molar-refractivity contribution in [1.29, 1.82) is 0 Å². The standard InChI is InChI=1S/C26H31N7O3/c1-2-3-12-35-25-31-23(27)22-24(32-25)33(26(34)30-22)16-19-8-11-21(29-15-19)36-20-9-6-18(7-10-20)14-28-13-17-4-5-17/h6-11,15,17,28H,2-5,12-14,16H2,1H3,(H,30,34)(H2,27,31,32). The molecule has 0 spiro atoms. The molecule has 36 heavy (non-hydrogen) atoms. The van der Waals surface area contributed by atoms with Crippen LogP contribution in [0.3, 0.4) is 0 Å². The van der Waals surface area contributed by atoms with Crippen LogP contribution in [-0.4, -0.2) is 37.7 Å². The zero-order chi connectivity index (χ0) is 24.9. The number of hydrogen-bond donors (Lipinski definition) is 3. The summed E-state index contributed by atoms with van der Waals surface area (Å²) in [5.41, 5.74) is 8.52. The second-order valence-electron chi connectivity index (χ2n) is 9.13. The first-order chi connectivity index (χ1) is 17.6. The molecular weight excluding hydrogens is 458 g/mol. The van der Waals surface area contributed by atoms with Crippen LogP contribution in [-0.2, 0) is 13.1 Å². The van der Waals surface area contributed by atoms with Crippen LogP contribution >= 0.6 is 0 Å². The minimum atomic E-state index is -0.330. The number of pyridine rings is 1. The van der Waals surface area contributed by atoms with E-state index in [-0.39, 0.29) is 24.1 Å². The van der Waals surface area contributed by atoms with Gasteiger partial charge in [0.15, 0.2) is 11.5 Å². The van der Waals surface area contributed by atoms with Gasteiger partial charge in [0, 0.05) is 18.8 Å². The lowest BCUT2D eigenvalue weighted by molar-refractivity contribution is 0.286. The quantitative estimate of drug-likeness (QED) is 0.257. The third-order valence-corrected chi connectivity index (χ3v) is 6.10. The van der Waals surface area contributed by atoms with Crippen LogP contribution < -0.4 is 26.2 Å².